The average molecular weight is 327 g/mol. The molecule has 0 bridgehead atoms. The maximum atomic E-state index is 13.5. The van der Waals surface area contributed by atoms with E-state index in [-0.39, 0.29) is 5.75 Å². The van der Waals surface area contributed by atoms with E-state index in [9.17, 15) is 22.9 Å². The third-order valence-corrected chi connectivity index (χ3v) is 3.95. The van der Waals surface area contributed by atoms with Crippen molar-refractivity contribution in [2.75, 3.05) is 7.11 Å². The number of rotatable bonds is 5. The van der Waals surface area contributed by atoms with E-state index in [1.54, 1.807) is 0 Å². The fraction of sp³-hybridized carbons (Fsp3) is 0.0769. The summed E-state index contributed by atoms with van der Waals surface area (Å²) in [4.78, 5) is 9.43. The molecule has 0 aliphatic carbocycles. The van der Waals surface area contributed by atoms with Crippen LogP contribution in [0.5, 0.6) is 11.5 Å². The molecule has 0 atom stereocenters. The molecule has 9 heteroatoms. The maximum absolute atomic E-state index is 13.5. The molecule has 0 unspecified atom stereocenters. The van der Waals surface area contributed by atoms with Crippen LogP contribution in [0.15, 0.2) is 47.4 Å². The molecule has 0 spiro atoms. The summed E-state index contributed by atoms with van der Waals surface area (Å²) < 4.78 is 47.2. The molecule has 7 nitrogen and oxygen atoms in total. The molecule has 2 rings (SSSR count). The van der Waals surface area contributed by atoms with Crippen molar-refractivity contribution in [2.45, 2.75) is 4.90 Å². The van der Waals surface area contributed by atoms with Gasteiger partial charge in [0.15, 0.2) is 16.5 Å². The highest BCUT2D eigenvalue weighted by Crippen LogP contribution is 2.30. The fourth-order valence-electron chi connectivity index (χ4n) is 1.65. The molecule has 0 aliphatic heterocycles. The van der Waals surface area contributed by atoms with Gasteiger partial charge in [0.2, 0.25) is 0 Å². The van der Waals surface area contributed by atoms with Crippen molar-refractivity contribution in [1.82, 2.24) is 0 Å². The largest absolute Gasteiger partial charge is 0.497 e. The van der Waals surface area contributed by atoms with Crippen molar-refractivity contribution >= 4 is 15.8 Å². The molecule has 116 valence electrons. The van der Waals surface area contributed by atoms with Crippen LogP contribution in [0.25, 0.3) is 0 Å². The van der Waals surface area contributed by atoms with Gasteiger partial charge in [-0.15, -0.1) is 0 Å². The van der Waals surface area contributed by atoms with Crippen LogP contribution in [0.1, 0.15) is 0 Å². The van der Waals surface area contributed by atoms with Gasteiger partial charge in [0.05, 0.1) is 18.1 Å². The summed E-state index contributed by atoms with van der Waals surface area (Å²) in [5, 5.41) is 11.0. The van der Waals surface area contributed by atoms with Gasteiger partial charge in [0.1, 0.15) is 5.75 Å². The minimum Gasteiger partial charge on any atom is -0.497 e. The maximum Gasteiger partial charge on any atom is 0.346 e. The van der Waals surface area contributed by atoms with Crippen molar-refractivity contribution in [3.05, 3.63) is 58.4 Å². The Morgan fingerprint density at radius 3 is 2.45 bits per heavy atom. The van der Waals surface area contributed by atoms with Gasteiger partial charge in [-0.05, 0) is 24.3 Å². The van der Waals surface area contributed by atoms with Crippen LogP contribution in [0.4, 0.5) is 10.1 Å². The van der Waals surface area contributed by atoms with E-state index in [2.05, 4.69) is 4.18 Å². The molecule has 0 N–H and O–H groups in total. The highest BCUT2D eigenvalue weighted by molar-refractivity contribution is 7.87. The Labute approximate surface area is 125 Å². The zero-order valence-corrected chi connectivity index (χ0v) is 12.0. The van der Waals surface area contributed by atoms with E-state index in [1.807, 2.05) is 0 Å². The summed E-state index contributed by atoms with van der Waals surface area (Å²) >= 11 is 0. The second-order valence-corrected chi connectivity index (χ2v) is 5.57. The smallest absolute Gasteiger partial charge is 0.346 e. The molecule has 0 aliphatic rings. The molecular weight excluding hydrogens is 317 g/mol. The van der Waals surface area contributed by atoms with Gasteiger partial charge in [-0.25, -0.2) is 4.39 Å². The number of halogens is 1. The first-order valence-electron chi connectivity index (χ1n) is 5.86. The summed E-state index contributed by atoms with van der Waals surface area (Å²) in [6.45, 7) is 0. The SMILES string of the molecule is COc1ccc(S(=O)(=O)Oc2ccccc2F)c([N+](=O)[O-])c1. The van der Waals surface area contributed by atoms with E-state index in [4.69, 9.17) is 4.74 Å². The number of hydrogen-bond donors (Lipinski definition) is 0. The Balaban J connectivity index is 2.50. The van der Waals surface area contributed by atoms with E-state index >= 15 is 0 Å². The third-order valence-electron chi connectivity index (χ3n) is 2.67. The van der Waals surface area contributed by atoms with E-state index in [1.165, 1.54) is 25.3 Å². The first kappa shape index (κ1) is 15.7. The minimum atomic E-state index is -4.57. The van der Waals surface area contributed by atoms with Crippen molar-refractivity contribution in [3.63, 3.8) is 0 Å². The van der Waals surface area contributed by atoms with Gasteiger partial charge in [-0.1, -0.05) is 12.1 Å². The lowest BCUT2D eigenvalue weighted by Gasteiger charge is -2.09. The number of nitrogens with zero attached hydrogens (tertiary/aromatic N) is 1. The van der Waals surface area contributed by atoms with Gasteiger partial charge in [0.25, 0.3) is 5.69 Å². The Morgan fingerprint density at radius 2 is 1.86 bits per heavy atom. The van der Waals surface area contributed by atoms with Crippen molar-refractivity contribution in [3.8, 4) is 11.5 Å². The van der Waals surface area contributed by atoms with Crippen LogP contribution in [0.2, 0.25) is 0 Å². The summed E-state index contributed by atoms with van der Waals surface area (Å²) in [5.74, 6) is -1.34. The molecule has 0 radical (unpaired) electrons. The molecule has 0 heterocycles. The van der Waals surface area contributed by atoms with Crippen molar-refractivity contribution < 1.29 is 26.7 Å². The Morgan fingerprint density at radius 1 is 1.18 bits per heavy atom. The van der Waals surface area contributed by atoms with Crippen LogP contribution < -0.4 is 8.92 Å². The molecule has 0 aromatic heterocycles. The third kappa shape index (κ3) is 3.14. The van der Waals surface area contributed by atoms with Gasteiger partial charge >= 0.3 is 10.1 Å². The van der Waals surface area contributed by atoms with Crippen LogP contribution >= 0.6 is 0 Å². The number of methoxy groups -OCH3 is 1. The molecule has 2 aromatic carbocycles. The second kappa shape index (κ2) is 5.98. The van der Waals surface area contributed by atoms with Gasteiger partial charge in [0, 0.05) is 0 Å². The molecule has 0 saturated heterocycles. The highest BCUT2D eigenvalue weighted by Gasteiger charge is 2.29. The molecule has 0 fully saturated rings. The van der Waals surface area contributed by atoms with Gasteiger partial charge in [-0.3, -0.25) is 10.1 Å². The molecule has 22 heavy (non-hydrogen) atoms. The van der Waals surface area contributed by atoms with Crippen molar-refractivity contribution in [2.24, 2.45) is 0 Å². The lowest BCUT2D eigenvalue weighted by molar-refractivity contribution is -0.388. The topological polar surface area (TPSA) is 95.7 Å². The van der Waals surface area contributed by atoms with E-state index in [0.29, 0.717) is 0 Å². The second-order valence-electron chi connectivity index (χ2n) is 4.06. The quantitative estimate of drug-likeness (QED) is 0.475. The van der Waals surface area contributed by atoms with Gasteiger partial charge in [-0.2, -0.15) is 8.42 Å². The van der Waals surface area contributed by atoms with Gasteiger partial charge < -0.3 is 8.92 Å². The predicted molar refractivity (Wildman–Crippen MR) is 73.9 cm³/mol. The molecule has 2 aromatic rings. The van der Waals surface area contributed by atoms with Crippen molar-refractivity contribution in [1.29, 1.82) is 0 Å². The first-order chi connectivity index (χ1) is 10.3. The standard InChI is InChI=1S/C13H10FNO6S/c1-20-9-6-7-13(11(8-9)15(16)17)22(18,19)21-12-5-3-2-4-10(12)14/h2-8H,1H3. The lowest BCUT2D eigenvalue weighted by Crippen LogP contribution is -2.12. The Kier molecular flexibility index (Phi) is 4.27. The fourth-order valence-corrected chi connectivity index (χ4v) is 2.74. The lowest BCUT2D eigenvalue weighted by atomic mass is 10.3. The number of nitro benzene ring substituents is 1. The normalized spacial score (nSPS) is 11.0. The zero-order valence-electron chi connectivity index (χ0n) is 11.2. The zero-order chi connectivity index (χ0) is 16.3. The Hall–Kier alpha value is -2.68. The monoisotopic (exact) mass is 327 g/mol. The average Bonchev–Trinajstić information content (AvgIpc) is 2.48. The molecule has 0 saturated carbocycles. The summed E-state index contributed by atoms with van der Waals surface area (Å²) in [6.07, 6.45) is 0. The number of para-hydroxylation sites is 1. The first-order valence-corrected chi connectivity index (χ1v) is 7.27. The highest BCUT2D eigenvalue weighted by atomic mass is 32.2. The van der Waals surface area contributed by atoms with E-state index in [0.717, 1.165) is 24.3 Å². The van der Waals surface area contributed by atoms with Crippen LogP contribution in [0, 0.1) is 15.9 Å². The molecular formula is C13H10FNO6S. The Bertz CT molecular complexity index is 821. The summed E-state index contributed by atoms with van der Waals surface area (Å²) in [6, 6.07) is 7.96. The molecule has 0 amide bonds. The number of nitro groups is 1. The number of benzene rings is 2. The van der Waals surface area contributed by atoms with Crippen LogP contribution in [-0.4, -0.2) is 20.5 Å². The number of ether oxygens (including phenoxy) is 1. The summed E-state index contributed by atoms with van der Waals surface area (Å²) in [5.41, 5.74) is -0.726. The van der Waals surface area contributed by atoms with Crippen LogP contribution in [0.3, 0.4) is 0 Å². The van der Waals surface area contributed by atoms with Crippen LogP contribution in [-0.2, 0) is 10.1 Å². The predicted octanol–water partition coefficient (Wildman–Crippen LogP) is 2.51. The number of hydrogen-bond acceptors (Lipinski definition) is 6. The van der Waals surface area contributed by atoms with E-state index < -0.39 is 37.2 Å². The minimum absolute atomic E-state index is 0.108. The summed E-state index contributed by atoms with van der Waals surface area (Å²) in [7, 11) is -3.29.